The van der Waals surface area contributed by atoms with Crippen LogP contribution in [0.5, 0.6) is 0 Å². The second kappa shape index (κ2) is 7.39. The normalized spacial score (nSPS) is 15.0. The van der Waals surface area contributed by atoms with E-state index in [1.165, 1.54) is 25.7 Å². The molecule has 1 aliphatic carbocycles. The van der Waals surface area contributed by atoms with Crippen molar-refractivity contribution in [1.29, 1.82) is 0 Å². The first-order chi connectivity index (χ1) is 8.65. The Bertz CT molecular complexity index is 399. The summed E-state index contributed by atoms with van der Waals surface area (Å²) in [4.78, 5) is 14.0. The quantitative estimate of drug-likeness (QED) is 0.863. The Labute approximate surface area is 121 Å². The number of rotatable bonds is 4. The molecule has 19 heavy (non-hydrogen) atoms. The molecule has 1 aromatic carbocycles. The van der Waals surface area contributed by atoms with E-state index in [9.17, 15) is 4.79 Å². The first-order valence-corrected chi connectivity index (χ1v) is 6.73. The molecule has 0 spiro atoms. The van der Waals surface area contributed by atoms with Crippen LogP contribution in [0.4, 0.5) is 5.69 Å². The van der Waals surface area contributed by atoms with Crippen LogP contribution in [0.3, 0.4) is 0 Å². The highest BCUT2D eigenvalue weighted by atomic mass is 35.5. The third-order valence-electron chi connectivity index (χ3n) is 3.77. The van der Waals surface area contributed by atoms with Crippen LogP contribution in [-0.2, 0) is 11.2 Å². The maximum Gasteiger partial charge on any atom is 0.226 e. The molecule has 0 aromatic heterocycles. The van der Waals surface area contributed by atoms with Gasteiger partial charge in [-0.05, 0) is 36.5 Å². The van der Waals surface area contributed by atoms with E-state index < -0.39 is 0 Å². The Hall–Kier alpha value is -1.22. The minimum Gasteiger partial charge on any atom is -0.399 e. The van der Waals surface area contributed by atoms with Gasteiger partial charge in [0.2, 0.25) is 5.91 Å². The van der Waals surface area contributed by atoms with Gasteiger partial charge in [0, 0.05) is 19.3 Å². The second-order valence-corrected chi connectivity index (χ2v) is 5.34. The predicted molar refractivity (Wildman–Crippen MR) is 81.4 cm³/mol. The van der Waals surface area contributed by atoms with E-state index in [2.05, 4.69) is 0 Å². The van der Waals surface area contributed by atoms with Crippen molar-refractivity contribution in [2.24, 2.45) is 5.92 Å². The van der Waals surface area contributed by atoms with Crippen molar-refractivity contribution < 1.29 is 4.79 Å². The molecule has 4 heteroatoms. The summed E-state index contributed by atoms with van der Waals surface area (Å²) in [5.74, 6) is 0.914. The lowest BCUT2D eigenvalue weighted by atomic mass is 10.1. The number of carbonyl (C=O) groups is 1. The van der Waals surface area contributed by atoms with Crippen LogP contribution in [0.1, 0.15) is 31.2 Å². The largest absolute Gasteiger partial charge is 0.399 e. The average molecular weight is 283 g/mol. The van der Waals surface area contributed by atoms with Gasteiger partial charge in [0.15, 0.2) is 0 Å². The number of nitrogens with two attached hydrogens (primary N) is 1. The summed E-state index contributed by atoms with van der Waals surface area (Å²) in [5, 5.41) is 0. The molecule has 0 saturated heterocycles. The number of amides is 1. The van der Waals surface area contributed by atoms with Gasteiger partial charge in [0.1, 0.15) is 0 Å². The van der Waals surface area contributed by atoms with Crippen molar-refractivity contribution in [2.45, 2.75) is 32.1 Å². The van der Waals surface area contributed by atoms with Crippen molar-refractivity contribution >= 4 is 24.0 Å². The molecule has 0 atom stereocenters. The molecular formula is C15H23ClN2O. The number of benzene rings is 1. The second-order valence-electron chi connectivity index (χ2n) is 5.34. The SMILES string of the molecule is CN(CC1CCCC1)C(=O)Cc1ccc(N)cc1.Cl. The Kier molecular flexibility index (Phi) is 6.16. The fourth-order valence-electron chi connectivity index (χ4n) is 2.63. The van der Waals surface area contributed by atoms with Gasteiger partial charge < -0.3 is 10.6 Å². The van der Waals surface area contributed by atoms with E-state index in [1.807, 2.05) is 36.2 Å². The average Bonchev–Trinajstić information content (AvgIpc) is 2.85. The van der Waals surface area contributed by atoms with Crippen LogP contribution < -0.4 is 5.73 Å². The van der Waals surface area contributed by atoms with E-state index >= 15 is 0 Å². The summed E-state index contributed by atoms with van der Waals surface area (Å²) in [5.41, 5.74) is 7.41. The van der Waals surface area contributed by atoms with Gasteiger partial charge >= 0.3 is 0 Å². The maximum absolute atomic E-state index is 12.1. The Balaban J connectivity index is 0.00000180. The highest BCUT2D eigenvalue weighted by molar-refractivity contribution is 5.85. The molecule has 106 valence electrons. The predicted octanol–water partition coefficient (Wildman–Crippen LogP) is 2.88. The molecule has 0 bridgehead atoms. The summed E-state index contributed by atoms with van der Waals surface area (Å²) in [6.45, 7) is 0.911. The number of anilines is 1. The van der Waals surface area contributed by atoms with E-state index in [4.69, 9.17) is 5.73 Å². The van der Waals surface area contributed by atoms with E-state index in [1.54, 1.807) is 0 Å². The smallest absolute Gasteiger partial charge is 0.226 e. The minimum absolute atomic E-state index is 0. The Morgan fingerprint density at radius 1 is 1.26 bits per heavy atom. The number of likely N-dealkylation sites (N-methyl/N-ethyl adjacent to an activating group) is 1. The zero-order valence-electron chi connectivity index (χ0n) is 11.5. The molecular weight excluding hydrogens is 260 g/mol. The molecule has 0 radical (unpaired) electrons. The highest BCUT2D eigenvalue weighted by Crippen LogP contribution is 2.25. The molecule has 1 aromatic rings. The lowest BCUT2D eigenvalue weighted by Gasteiger charge is -2.21. The van der Waals surface area contributed by atoms with Crippen LogP contribution in [0.25, 0.3) is 0 Å². The minimum atomic E-state index is 0. The summed E-state index contributed by atoms with van der Waals surface area (Å²) in [6, 6.07) is 7.55. The summed E-state index contributed by atoms with van der Waals surface area (Å²) in [7, 11) is 1.91. The van der Waals surface area contributed by atoms with Gasteiger partial charge in [0.25, 0.3) is 0 Å². The Morgan fingerprint density at radius 3 is 2.42 bits per heavy atom. The van der Waals surface area contributed by atoms with Crippen LogP contribution in [-0.4, -0.2) is 24.4 Å². The summed E-state index contributed by atoms with van der Waals surface area (Å²) >= 11 is 0. The summed E-state index contributed by atoms with van der Waals surface area (Å²) in [6.07, 6.45) is 5.68. The standard InChI is InChI=1S/C15H22N2O.ClH/c1-17(11-13-4-2-3-5-13)15(18)10-12-6-8-14(16)9-7-12;/h6-9,13H,2-5,10-11,16H2,1H3;1H. The van der Waals surface area contributed by atoms with Gasteiger partial charge in [0.05, 0.1) is 6.42 Å². The van der Waals surface area contributed by atoms with E-state index in [-0.39, 0.29) is 18.3 Å². The van der Waals surface area contributed by atoms with E-state index in [0.717, 1.165) is 17.8 Å². The number of nitrogens with zero attached hydrogens (tertiary/aromatic N) is 1. The molecule has 1 amide bonds. The third kappa shape index (κ3) is 4.75. The van der Waals surface area contributed by atoms with Crippen molar-refractivity contribution in [3.8, 4) is 0 Å². The molecule has 2 rings (SSSR count). The van der Waals surface area contributed by atoms with Gasteiger partial charge in [-0.1, -0.05) is 25.0 Å². The molecule has 3 nitrogen and oxygen atoms in total. The molecule has 2 N–H and O–H groups in total. The van der Waals surface area contributed by atoms with Crippen molar-refractivity contribution in [2.75, 3.05) is 19.3 Å². The van der Waals surface area contributed by atoms with E-state index in [0.29, 0.717) is 12.3 Å². The summed E-state index contributed by atoms with van der Waals surface area (Å²) < 4.78 is 0. The number of hydrogen-bond donors (Lipinski definition) is 1. The number of halogens is 1. The topological polar surface area (TPSA) is 46.3 Å². The number of nitrogen functional groups attached to an aromatic ring is 1. The lowest BCUT2D eigenvalue weighted by molar-refractivity contribution is -0.129. The van der Waals surface area contributed by atoms with Gasteiger partial charge in [-0.25, -0.2) is 0 Å². The van der Waals surface area contributed by atoms with Gasteiger partial charge in [-0.15, -0.1) is 12.4 Å². The lowest BCUT2D eigenvalue weighted by Crippen LogP contribution is -2.32. The molecule has 0 aliphatic heterocycles. The molecule has 1 aliphatic rings. The first-order valence-electron chi connectivity index (χ1n) is 6.73. The first kappa shape index (κ1) is 15.8. The van der Waals surface area contributed by atoms with Gasteiger partial charge in [-0.2, -0.15) is 0 Å². The molecule has 0 unspecified atom stereocenters. The number of carbonyl (C=O) groups excluding carboxylic acids is 1. The maximum atomic E-state index is 12.1. The van der Waals surface area contributed by atoms with Gasteiger partial charge in [-0.3, -0.25) is 4.79 Å². The van der Waals surface area contributed by atoms with Crippen LogP contribution in [0, 0.1) is 5.92 Å². The van der Waals surface area contributed by atoms with Crippen molar-refractivity contribution in [3.05, 3.63) is 29.8 Å². The van der Waals surface area contributed by atoms with Crippen molar-refractivity contribution in [3.63, 3.8) is 0 Å². The fourth-order valence-corrected chi connectivity index (χ4v) is 2.63. The Morgan fingerprint density at radius 2 is 1.84 bits per heavy atom. The van der Waals surface area contributed by atoms with Crippen molar-refractivity contribution in [1.82, 2.24) is 4.90 Å². The van der Waals surface area contributed by atoms with Crippen LogP contribution in [0.2, 0.25) is 0 Å². The zero-order valence-corrected chi connectivity index (χ0v) is 12.3. The van der Waals surface area contributed by atoms with Crippen LogP contribution >= 0.6 is 12.4 Å². The highest BCUT2D eigenvalue weighted by Gasteiger charge is 2.19. The third-order valence-corrected chi connectivity index (χ3v) is 3.77. The number of hydrogen-bond acceptors (Lipinski definition) is 2. The molecule has 1 saturated carbocycles. The zero-order chi connectivity index (χ0) is 13.0. The fraction of sp³-hybridized carbons (Fsp3) is 0.533. The van der Waals surface area contributed by atoms with Crippen LogP contribution in [0.15, 0.2) is 24.3 Å². The molecule has 1 fully saturated rings. The molecule has 0 heterocycles. The monoisotopic (exact) mass is 282 g/mol.